The quantitative estimate of drug-likeness (QED) is 0.390. The van der Waals surface area contributed by atoms with Gasteiger partial charge in [-0.1, -0.05) is 30.3 Å². The first-order chi connectivity index (χ1) is 13.4. The van der Waals surface area contributed by atoms with Crippen LogP contribution < -0.4 is 15.4 Å². The van der Waals surface area contributed by atoms with Crippen LogP contribution >= 0.6 is 12.2 Å². The lowest BCUT2D eigenvalue weighted by molar-refractivity contribution is -0.136. The number of thiocarbonyl (C=S) groups is 1. The van der Waals surface area contributed by atoms with E-state index >= 15 is 0 Å². The van der Waals surface area contributed by atoms with Crippen molar-refractivity contribution in [2.45, 2.75) is 12.3 Å². The van der Waals surface area contributed by atoms with Crippen LogP contribution in [0.15, 0.2) is 48.5 Å². The summed E-state index contributed by atoms with van der Waals surface area (Å²) in [6.07, 6.45) is -0.184. The van der Waals surface area contributed by atoms with Crippen molar-refractivity contribution in [3.05, 3.63) is 59.7 Å². The number of carbonyl (C=O) groups is 3. The topological polar surface area (TPSA) is 105 Å². The van der Waals surface area contributed by atoms with Gasteiger partial charge in [-0.05, 0) is 36.0 Å². The number of phenols is 1. The number of phenolic OH excluding ortho intramolecular Hbond substituents is 1. The van der Waals surface area contributed by atoms with Gasteiger partial charge in [0.05, 0.1) is 12.7 Å². The molecule has 1 aliphatic rings. The number of carbonyl (C=O) groups excluding carboxylic acids is 3. The van der Waals surface area contributed by atoms with E-state index in [0.717, 1.165) is 0 Å². The molecule has 2 aromatic rings. The van der Waals surface area contributed by atoms with Crippen LogP contribution in [-0.2, 0) is 9.59 Å². The molecule has 7 nitrogen and oxygen atoms in total. The molecule has 1 saturated heterocycles. The molecular weight excluding hydrogens is 380 g/mol. The molecule has 1 aliphatic heterocycles. The summed E-state index contributed by atoms with van der Waals surface area (Å²) < 4.78 is 5.37. The van der Waals surface area contributed by atoms with Crippen LogP contribution in [0.25, 0.3) is 0 Å². The minimum atomic E-state index is -1.18. The van der Waals surface area contributed by atoms with E-state index in [4.69, 9.17) is 17.0 Å². The molecule has 0 radical (unpaired) electrons. The van der Waals surface area contributed by atoms with E-state index in [1.807, 2.05) is 0 Å². The highest BCUT2D eigenvalue weighted by Gasteiger charge is 2.41. The van der Waals surface area contributed by atoms with E-state index in [1.54, 1.807) is 36.4 Å². The van der Waals surface area contributed by atoms with E-state index in [0.29, 0.717) is 11.3 Å². The molecule has 1 heterocycles. The van der Waals surface area contributed by atoms with Crippen molar-refractivity contribution < 1.29 is 24.2 Å². The number of Topliss-reactive ketones (excluding diaryl/α,β-unsaturated/α-hetero) is 1. The van der Waals surface area contributed by atoms with E-state index in [-0.39, 0.29) is 22.8 Å². The second-order valence-electron chi connectivity index (χ2n) is 6.28. The standard InChI is InChI=1S/C20H18N2O5S/c1-27-16-9-5-3-6-11(16)13(17-18(25)21-20(28)22-19(17)26)10-15(24)12-7-2-4-8-14(12)23/h2-9,13,17,23H,10H2,1H3,(H2,21,22,25,26,28). The maximum Gasteiger partial charge on any atom is 0.239 e. The number of para-hydroxylation sites is 2. The number of hydrogen-bond acceptors (Lipinski definition) is 6. The highest BCUT2D eigenvalue weighted by Crippen LogP contribution is 2.37. The van der Waals surface area contributed by atoms with Crippen LogP contribution in [0.5, 0.6) is 11.5 Å². The fourth-order valence-corrected chi connectivity index (χ4v) is 3.50. The number of rotatable bonds is 6. The zero-order valence-corrected chi connectivity index (χ0v) is 15.8. The summed E-state index contributed by atoms with van der Waals surface area (Å²) in [4.78, 5) is 38.0. The minimum absolute atomic E-state index is 0.0722. The number of benzene rings is 2. The van der Waals surface area contributed by atoms with E-state index < -0.39 is 29.4 Å². The Labute approximate surface area is 166 Å². The molecule has 1 unspecified atom stereocenters. The zero-order valence-electron chi connectivity index (χ0n) is 15.0. The van der Waals surface area contributed by atoms with Crippen LogP contribution in [0.3, 0.4) is 0 Å². The first kappa shape index (κ1) is 19.5. The van der Waals surface area contributed by atoms with Crippen molar-refractivity contribution in [1.82, 2.24) is 10.6 Å². The first-order valence-corrected chi connectivity index (χ1v) is 8.93. The normalized spacial score (nSPS) is 15.5. The molecule has 2 aromatic carbocycles. The van der Waals surface area contributed by atoms with Gasteiger partial charge in [0.2, 0.25) is 11.8 Å². The average Bonchev–Trinajstić information content (AvgIpc) is 2.66. The van der Waals surface area contributed by atoms with Crippen molar-refractivity contribution in [3.63, 3.8) is 0 Å². The summed E-state index contributed by atoms with van der Waals surface area (Å²) in [5.74, 6) is -3.28. The molecule has 28 heavy (non-hydrogen) atoms. The summed E-state index contributed by atoms with van der Waals surface area (Å²) >= 11 is 4.86. The van der Waals surface area contributed by atoms with Crippen LogP contribution in [-0.4, -0.2) is 34.9 Å². The molecule has 0 saturated carbocycles. The van der Waals surface area contributed by atoms with Gasteiger partial charge in [-0.3, -0.25) is 14.4 Å². The number of nitrogens with one attached hydrogen (secondary N) is 2. The van der Waals surface area contributed by atoms with Crippen molar-refractivity contribution >= 4 is 34.9 Å². The Morgan fingerprint density at radius 1 is 1.11 bits per heavy atom. The third-order valence-electron chi connectivity index (χ3n) is 4.59. The molecule has 0 spiro atoms. The molecule has 144 valence electrons. The lowest BCUT2D eigenvalue weighted by Crippen LogP contribution is -2.57. The number of amides is 2. The highest BCUT2D eigenvalue weighted by atomic mass is 32.1. The Morgan fingerprint density at radius 2 is 1.71 bits per heavy atom. The van der Waals surface area contributed by atoms with Gasteiger partial charge >= 0.3 is 0 Å². The summed E-state index contributed by atoms with van der Waals surface area (Å²) in [5.41, 5.74) is 0.659. The van der Waals surface area contributed by atoms with Crippen molar-refractivity contribution in [2.75, 3.05) is 7.11 Å². The van der Waals surface area contributed by atoms with Gasteiger partial charge in [0.25, 0.3) is 0 Å². The van der Waals surface area contributed by atoms with E-state index in [9.17, 15) is 19.5 Å². The van der Waals surface area contributed by atoms with Gasteiger partial charge in [-0.15, -0.1) is 0 Å². The number of methoxy groups -OCH3 is 1. The Morgan fingerprint density at radius 3 is 2.36 bits per heavy atom. The van der Waals surface area contributed by atoms with Gasteiger partial charge in [-0.2, -0.15) is 0 Å². The third-order valence-corrected chi connectivity index (χ3v) is 4.79. The van der Waals surface area contributed by atoms with Crippen molar-refractivity contribution in [3.8, 4) is 11.5 Å². The predicted molar refractivity (Wildman–Crippen MR) is 105 cm³/mol. The highest BCUT2D eigenvalue weighted by molar-refractivity contribution is 7.80. The molecule has 8 heteroatoms. The van der Waals surface area contributed by atoms with Crippen LogP contribution in [0.4, 0.5) is 0 Å². The molecule has 1 atom stereocenters. The second kappa shape index (κ2) is 8.18. The maximum absolute atomic E-state index is 12.9. The number of ether oxygens (including phenoxy) is 1. The Kier molecular flexibility index (Phi) is 5.70. The van der Waals surface area contributed by atoms with Gasteiger partial charge in [0, 0.05) is 12.3 Å². The van der Waals surface area contributed by atoms with E-state index in [2.05, 4.69) is 10.6 Å². The largest absolute Gasteiger partial charge is 0.507 e. The summed E-state index contributed by atoms with van der Waals surface area (Å²) in [6.45, 7) is 0. The lowest BCUT2D eigenvalue weighted by atomic mass is 9.79. The van der Waals surface area contributed by atoms with Crippen molar-refractivity contribution in [2.24, 2.45) is 5.92 Å². The van der Waals surface area contributed by atoms with Gasteiger partial charge < -0.3 is 20.5 Å². The Balaban J connectivity index is 2.03. The SMILES string of the molecule is COc1ccccc1C(CC(=O)c1ccccc1O)C1C(=O)NC(=S)NC1=O. The molecular formula is C20H18N2O5S. The molecule has 0 aromatic heterocycles. The average molecular weight is 398 g/mol. The maximum atomic E-state index is 12.9. The third kappa shape index (κ3) is 3.86. The molecule has 3 N–H and O–H groups in total. The molecule has 2 amide bonds. The first-order valence-electron chi connectivity index (χ1n) is 8.52. The molecule has 3 rings (SSSR count). The fourth-order valence-electron chi connectivity index (χ4n) is 3.29. The number of aromatic hydroxyl groups is 1. The van der Waals surface area contributed by atoms with Gasteiger partial charge in [-0.25, -0.2) is 0 Å². The zero-order chi connectivity index (χ0) is 20.3. The summed E-state index contributed by atoms with van der Waals surface area (Å²) in [6, 6.07) is 13.0. The van der Waals surface area contributed by atoms with E-state index in [1.165, 1.54) is 19.2 Å². The van der Waals surface area contributed by atoms with Crippen LogP contribution in [0.1, 0.15) is 28.3 Å². The Bertz CT molecular complexity index is 939. The van der Waals surface area contributed by atoms with Gasteiger partial charge in [0.15, 0.2) is 10.9 Å². The molecule has 1 fully saturated rings. The minimum Gasteiger partial charge on any atom is -0.507 e. The van der Waals surface area contributed by atoms with Crippen molar-refractivity contribution in [1.29, 1.82) is 0 Å². The smallest absolute Gasteiger partial charge is 0.239 e. The predicted octanol–water partition coefficient (Wildman–Crippen LogP) is 1.90. The lowest BCUT2D eigenvalue weighted by Gasteiger charge is -2.30. The van der Waals surface area contributed by atoms with Gasteiger partial charge in [0.1, 0.15) is 17.4 Å². The monoisotopic (exact) mass is 398 g/mol. The second-order valence-corrected chi connectivity index (χ2v) is 6.69. The number of ketones is 1. The Hall–Kier alpha value is -3.26. The summed E-state index contributed by atoms with van der Waals surface area (Å²) in [5, 5.41) is 14.8. The fraction of sp³-hybridized carbons (Fsp3) is 0.200. The van der Waals surface area contributed by atoms with Crippen LogP contribution in [0.2, 0.25) is 0 Å². The summed E-state index contributed by atoms with van der Waals surface area (Å²) in [7, 11) is 1.47. The van der Waals surface area contributed by atoms with Crippen LogP contribution in [0, 0.1) is 5.92 Å². The number of hydrogen-bond donors (Lipinski definition) is 3. The molecule has 0 aliphatic carbocycles. The molecule has 0 bridgehead atoms.